The van der Waals surface area contributed by atoms with E-state index in [4.69, 9.17) is 9.15 Å². The van der Waals surface area contributed by atoms with Gasteiger partial charge in [0, 0.05) is 37.7 Å². The maximum absolute atomic E-state index is 12.5. The summed E-state index contributed by atoms with van der Waals surface area (Å²) in [6.45, 7) is 1.77. The maximum Gasteiger partial charge on any atom is 0.251 e. The van der Waals surface area contributed by atoms with Crippen LogP contribution in [-0.4, -0.2) is 40.9 Å². The Hall–Kier alpha value is -3.45. The minimum absolute atomic E-state index is 0.103. The van der Waals surface area contributed by atoms with Gasteiger partial charge in [-0.15, -0.1) is 10.2 Å². The van der Waals surface area contributed by atoms with Crippen LogP contribution in [0.25, 0.3) is 21.9 Å². The van der Waals surface area contributed by atoms with Crippen molar-refractivity contribution in [2.24, 2.45) is 0 Å². The summed E-state index contributed by atoms with van der Waals surface area (Å²) in [5.74, 6) is 0.724. The van der Waals surface area contributed by atoms with Crippen LogP contribution >= 0.6 is 0 Å². The van der Waals surface area contributed by atoms with E-state index in [1.807, 2.05) is 41.0 Å². The number of hydrogen-bond donors (Lipinski definition) is 1. The Balaban J connectivity index is 1.40. The average Bonchev–Trinajstić information content (AvgIpc) is 3.43. The quantitative estimate of drug-likeness (QED) is 0.499. The van der Waals surface area contributed by atoms with Crippen molar-refractivity contribution < 1.29 is 13.9 Å². The van der Waals surface area contributed by atoms with Crippen LogP contribution in [0.4, 0.5) is 0 Å². The number of furan rings is 1. The van der Waals surface area contributed by atoms with Crippen LogP contribution < -0.4 is 5.32 Å². The summed E-state index contributed by atoms with van der Waals surface area (Å²) in [4.78, 5) is 12.5. The number of nitrogens with one attached hydrogen (secondary N) is 1. The number of carbonyl (C=O) groups excluding carboxylic acids is 1. The minimum Gasteiger partial charge on any atom is -0.472 e. The number of rotatable bonds is 8. The predicted molar refractivity (Wildman–Crippen MR) is 110 cm³/mol. The van der Waals surface area contributed by atoms with Crippen molar-refractivity contribution in [1.29, 1.82) is 0 Å². The summed E-state index contributed by atoms with van der Waals surface area (Å²) in [5, 5.41) is 13.1. The molecule has 0 spiro atoms. The molecule has 0 saturated heterocycles. The average molecular weight is 390 g/mol. The standard InChI is InChI=1S/C22H22N4O3/c1-28-11-9-26-15-24-25-21(26)6-8-23-22(27)19-5-4-16-12-18(3-2-17(16)13-19)20-7-10-29-14-20/h2-5,7,10,12-15H,6,8-9,11H2,1H3,(H,23,27). The van der Waals surface area contributed by atoms with Gasteiger partial charge in [-0.2, -0.15) is 0 Å². The molecule has 7 nitrogen and oxygen atoms in total. The molecule has 0 atom stereocenters. The van der Waals surface area contributed by atoms with Crippen molar-refractivity contribution in [3.8, 4) is 11.1 Å². The fraction of sp³-hybridized carbons (Fsp3) is 0.227. The third-order valence-electron chi connectivity index (χ3n) is 4.82. The number of fused-ring (bicyclic) bond motifs is 1. The maximum atomic E-state index is 12.5. The molecular formula is C22H22N4O3. The second-order valence-electron chi connectivity index (χ2n) is 6.73. The van der Waals surface area contributed by atoms with Crippen LogP contribution in [0.1, 0.15) is 16.2 Å². The lowest BCUT2D eigenvalue weighted by Gasteiger charge is -2.08. The Morgan fingerprint density at radius 1 is 1.14 bits per heavy atom. The van der Waals surface area contributed by atoms with Crippen molar-refractivity contribution in [1.82, 2.24) is 20.1 Å². The van der Waals surface area contributed by atoms with Crippen LogP contribution in [0.5, 0.6) is 0 Å². The molecule has 0 saturated carbocycles. The van der Waals surface area contributed by atoms with E-state index in [9.17, 15) is 4.79 Å². The van der Waals surface area contributed by atoms with E-state index in [1.165, 1.54) is 0 Å². The van der Waals surface area contributed by atoms with E-state index in [2.05, 4.69) is 21.6 Å². The molecule has 7 heteroatoms. The second-order valence-corrected chi connectivity index (χ2v) is 6.73. The van der Waals surface area contributed by atoms with Crippen LogP contribution in [0.3, 0.4) is 0 Å². The van der Waals surface area contributed by atoms with Crippen LogP contribution in [0, 0.1) is 0 Å². The second kappa shape index (κ2) is 8.70. The zero-order chi connectivity index (χ0) is 20.1. The summed E-state index contributed by atoms with van der Waals surface area (Å²) in [5.41, 5.74) is 2.75. The first kappa shape index (κ1) is 18.9. The van der Waals surface area contributed by atoms with Gasteiger partial charge in [-0.25, -0.2) is 0 Å². The van der Waals surface area contributed by atoms with Crippen molar-refractivity contribution >= 4 is 16.7 Å². The molecule has 0 bridgehead atoms. The van der Waals surface area contributed by atoms with Gasteiger partial charge in [0.2, 0.25) is 0 Å². The Labute approximate surface area is 168 Å². The van der Waals surface area contributed by atoms with Gasteiger partial charge in [0.1, 0.15) is 12.2 Å². The Morgan fingerprint density at radius 3 is 2.83 bits per heavy atom. The zero-order valence-corrected chi connectivity index (χ0v) is 16.2. The molecule has 4 aromatic rings. The predicted octanol–water partition coefficient (Wildman–Crippen LogP) is 3.31. The van der Waals surface area contributed by atoms with Crippen molar-refractivity contribution in [2.45, 2.75) is 13.0 Å². The van der Waals surface area contributed by atoms with Crippen molar-refractivity contribution in [2.75, 3.05) is 20.3 Å². The van der Waals surface area contributed by atoms with Gasteiger partial charge in [-0.3, -0.25) is 4.79 Å². The highest BCUT2D eigenvalue weighted by atomic mass is 16.5. The molecular weight excluding hydrogens is 368 g/mol. The number of hydrogen-bond acceptors (Lipinski definition) is 5. The number of amides is 1. The molecule has 2 heterocycles. The van der Waals surface area contributed by atoms with Gasteiger partial charge >= 0.3 is 0 Å². The summed E-state index contributed by atoms with van der Waals surface area (Å²) >= 11 is 0. The first-order valence-corrected chi connectivity index (χ1v) is 9.45. The molecule has 0 fully saturated rings. The summed E-state index contributed by atoms with van der Waals surface area (Å²) in [7, 11) is 1.66. The van der Waals surface area contributed by atoms with Gasteiger partial charge in [-0.05, 0) is 40.6 Å². The molecule has 0 radical (unpaired) electrons. The van der Waals surface area contributed by atoms with Crippen molar-refractivity contribution in [3.63, 3.8) is 0 Å². The molecule has 2 aromatic carbocycles. The Kier molecular flexibility index (Phi) is 5.67. The molecule has 1 amide bonds. The molecule has 29 heavy (non-hydrogen) atoms. The van der Waals surface area contributed by atoms with E-state index < -0.39 is 0 Å². The third kappa shape index (κ3) is 4.35. The lowest BCUT2D eigenvalue weighted by atomic mass is 10.0. The highest BCUT2D eigenvalue weighted by Crippen LogP contribution is 2.25. The SMILES string of the molecule is COCCn1cnnc1CCNC(=O)c1ccc2cc(-c3ccoc3)ccc2c1. The summed E-state index contributed by atoms with van der Waals surface area (Å²) in [6.07, 6.45) is 5.67. The Morgan fingerprint density at radius 2 is 2.00 bits per heavy atom. The largest absolute Gasteiger partial charge is 0.472 e. The summed E-state index contributed by atoms with van der Waals surface area (Å²) < 4.78 is 12.2. The monoisotopic (exact) mass is 390 g/mol. The fourth-order valence-electron chi connectivity index (χ4n) is 3.23. The summed E-state index contributed by atoms with van der Waals surface area (Å²) in [6, 6.07) is 13.8. The number of methoxy groups -OCH3 is 1. The lowest BCUT2D eigenvalue weighted by Crippen LogP contribution is -2.26. The normalized spacial score (nSPS) is 11.1. The first-order valence-electron chi connectivity index (χ1n) is 9.45. The van der Waals surface area contributed by atoms with Gasteiger partial charge < -0.3 is 19.0 Å². The molecule has 0 unspecified atom stereocenters. The number of aromatic nitrogens is 3. The third-order valence-corrected chi connectivity index (χ3v) is 4.82. The number of nitrogens with zero attached hydrogens (tertiary/aromatic N) is 3. The zero-order valence-electron chi connectivity index (χ0n) is 16.2. The number of ether oxygens (including phenoxy) is 1. The van der Waals surface area contributed by atoms with E-state index >= 15 is 0 Å². The van der Waals surface area contributed by atoms with E-state index in [0.29, 0.717) is 31.7 Å². The number of benzene rings is 2. The number of carbonyl (C=O) groups is 1. The molecule has 0 aliphatic heterocycles. The molecule has 148 valence electrons. The van der Waals surface area contributed by atoms with Crippen LogP contribution in [0.2, 0.25) is 0 Å². The topological polar surface area (TPSA) is 82.2 Å². The first-order chi connectivity index (χ1) is 14.2. The van der Waals surface area contributed by atoms with E-state index in [1.54, 1.807) is 26.0 Å². The molecule has 4 rings (SSSR count). The van der Waals surface area contributed by atoms with Crippen molar-refractivity contribution in [3.05, 3.63) is 72.7 Å². The Bertz CT molecular complexity index is 1100. The molecule has 0 aliphatic carbocycles. The van der Waals surface area contributed by atoms with Crippen LogP contribution in [-0.2, 0) is 17.7 Å². The van der Waals surface area contributed by atoms with Gasteiger partial charge in [0.05, 0.1) is 19.1 Å². The lowest BCUT2D eigenvalue weighted by molar-refractivity contribution is 0.0954. The van der Waals surface area contributed by atoms with Gasteiger partial charge in [0.25, 0.3) is 5.91 Å². The molecule has 2 aromatic heterocycles. The van der Waals surface area contributed by atoms with E-state index in [-0.39, 0.29) is 5.91 Å². The van der Waals surface area contributed by atoms with Gasteiger partial charge in [0.15, 0.2) is 0 Å². The minimum atomic E-state index is -0.103. The fourth-order valence-corrected chi connectivity index (χ4v) is 3.23. The van der Waals surface area contributed by atoms with E-state index in [0.717, 1.165) is 27.7 Å². The van der Waals surface area contributed by atoms with Crippen LogP contribution in [0.15, 0.2) is 65.7 Å². The van der Waals surface area contributed by atoms with Gasteiger partial charge in [-0.1, -0.05) is 18.2 Å². The highest BCUT2D eigenvalue weighted by Gasteiger charge is 2.09. The molecule has 1 N–H and O–H groups in total. The smallest absolute Gasteiger partial charge is 0.251 e. The highest BCUT2D eigenvalue weighted by molar-refractivity contribution is 5.99. The molecule has 0 aliphatic rings.